The van der Waals surface area contributed by atoms with Gasteiger partial charge in [0.1, 0.15) is 22.8 Å². The molecule has 3 aliphatic rings. The molecule has 4 aromatic rings. The highest BCUT2D eigenvalue weighted by atomic mass is 16.7. The lowest BCUT2D eigenvalue weighted by atomic mass is 9.72. The highest BCUT2D eigenvalue weighted by molar-refractivity contribution is 6.31. The lowest BCUT2D eigenvalue weighted by Crippen LogP contribution is -2.53. The first-order chi connectivity index (χ1) is 24.8. The molecule has 0 amide bonds. The SMILES string of the molecule is COc1cccc2c1C(=O)c1c(O)c3c(c(O)c1C2=O)C[C@@](O)(C(=O)COC(=O)Cc1ccc2ccccc2c1)C[C@@H]3O[C@H]1C[C@H](N)[C@H](O)[C@H](C)O1. The smallest absolute Gasteiger partial charge is 0.310 e. The third-order valence-electron chi connectivity index (χ3n) is 10.2. The number of ether oxygens (including phenoxy) is 4. The van der Waals surface area contributed by atoms with Gasteiger partial charge in [-0.15, -0.1) is 0 Å². The Labute approximate surface area is 297 Å². The molecule has 6 N–H and O–H groups in total. The second-order valence-electron chi connectivity index (χ2n) is 13.5. The van der Waals surface area contributed by atoms with E-state index in [1.807, 2.05) is 36.4 Å². The average Bonchev–Trinajstić information content (AvgIpc) is 3.12. The maximum Gasteiger partial charge on any atom is 0.310 e. The molecule has 1 aliphatic heterocycles. The van der Waals surface area contributed by atoms with Gasteiger partial charge in [0.05, 0.1) is 48.5 Å². The Balaban J connectivity index is 1.22. The van der Waals surface area contributed by atoms with Crippen molar-refractivity contribution in [3.63, 3.8) is 0 Å². The van der Waals surface area contributed by atoms with Gasteiger partial charge < -0.3 is 45.1 Å². The second kappa shape index (κ2) is 13.4. The summed E-state index contributed by atoms with van der Waals surface area (Å²) in [6, 6.07) is 16.7. The molecule has 6 atom stereocenters. The first-order valence-corrected chi connectivity index (χ1v) is 16.8. The Kier molecular flexibility index (Phi) is 9.09. The van der Waals surface area contributed by atoms with Gasteiger partial charge in [0.15, 0.2) is 18.7 Å². The van der Waals surface area contributed by atoms with Crippen LogP contribution in [0.5, 0.6) is 17.2 Å². The van der Waals surface area contributed by atoms with E-state index in [2.05, 4.69) is 0 Å². The number of phenols is 2. The lowest BCUT2D eigenvalue weighted by molar-refractivity contribution is -0.247. The normalized spacial score (nSPS) is 25.2. The van der Waals surface area contributed by atoms with Crippen molar-refractivity contribution in [3.05, 3.63) is 99.6 Å². The number of Topliss-reactive ketones (excluding diaryl/α,β-unsaturated/α-hetero) is 1. The van der Waals surface area contributed by atoms with Crippen LogP contribution in [0.2, 0.25) is 0 Å². The Morgan fingerprint density at radius 3 is 2.42 bits per heavy atom. The molecule has 0 radical (unpaired) electrons. The van der Waals surface area contributed by atoms with Gasteiger partial charge in [0, 0.05) is 42.0 Å². The number of hydrogen-bond acceptors (Lipinski definition) is 13. The number of ketones is 3. The average molecular weight is 712 g/mol. The van der Waals surface area contributed by atoms with Crippen molar-refractivity contribution in [2.45, 2.75) is 68.9 Å². The summed E-state index contributed by atoms with van der Waals surface area (Å²) in [6.07, 6.45) is -5.61. The molecular formula is C39H37NO12. The van der Waals surface area contributed by atoms with E-state index >= 15 is 0 Å². The highest BCUT2D eigenvalue weighted by Gasteiger charge is 2.50. The monoisotopic (exact) mass is 711 g/mol. The topological polar surface area (TPSA) is 212 Å². The van der Waals surface area contributed by atoms with Crippen LogP contribution in [0.1, 0.15) is 74.4 Å². The van der Waals surface area contributed by atoms with Crippen LogP contribution in [0.3, 0.4) is 0 Å². The van der Waals surface area contributed by atoms with Crippen LogP contribution in [0.25, 0.3) is 10.8 Å². The minimum Gasteiger partial charge on any atom is -0.507 e. The van der Waals surface area contributed by atoms with Crippen molar-refractivity contribution < 1.29 is 58.6 Å². The molecule has 13 heteroatoms. The molecule has 270 valence electrons. The maximum absolute atomic E-state index is 13.9. The summed E-state index contributed by atoms with van der Waals surface area (Å²) in [5.74, 6) is -4.57. The number of fused-ring (bicyclic) bond motifs is 4. The number of aliphatic hydroxyl groups excluding tert-OH is 1. The number of nitrogens with two attached hydrogens (primary N) is 1. The summed E-state index contributed by atoms with van der Waals surface area (Å²) in [4.78, 5) is 54.3. The molecule has 1 heterocycles. The zero-order valence-corrected chi connectivity index (χ0v) is 28.3. The van der Waals surface area contributed by atoms with E-state index < -0.39 is 102 Å². The zero-order valence-electron chi connectivity index (χ0n) is 28.3. The predicted molar refractivity (Wildman–Crippen MR) is 183 cm³/mol. The number of carbonyl (C=O) groups excluding carboxylic acids is 4. The molecule has 0 aromatic heterocycles. The fourth-order valence-electron chi connectivity index (χ4n) is 7.45. The molecule has 2 aliphatic carbocycles. The second-order valence-corrected chi connectivity index (χ2v) is 13.5. The van der Waals surface area contributed by atoms with Crippen LogP contribution in [0.15, 0.2) is 60.7 Å². The Morgan fingerprint density at radius 2 is 1.69 bits per heavy atom. The maximum atomic E-state index is 13.9. The highest BCUT2D eigenvalue weighted by Crippen LogP contribution is 2.52. The van der Waals surface area contributed by atoms with Gasteiger partial charge in [0.25, 0.3) is 0 Å². The van der Waals surface area contributed by atoms with Crippen molar-refractivity contribution in [2.24, 2.45) is 5.73 Å². The number of hydrogen-bond donors (Lipinski definition) is 5. The summed E-state index contributed by atoms with van der Waals surface area (Å²) in [7, 11) is 1.32. The van der Waals surface area contributed by atoms with Crippen LogP contribution in [0.4, 0.5) is 0 Å². The van der Waals surface area contributed by atoms with E-state index in [-0.39, 0.29) is 40.8 Å². The first-order valence-electron chi connectivity index (χ1n) is 16.8. The molecule has 1 saturated heterocycles. The summed E-state index contributed by atoms with van der Waals surface area (Å²) in [5.41, 5.74) is 2.90. The molecule has 7 rings (SSSR count). The molecule has 0 bridgehead atoms. The van der Waals surface area contributed by atoms with E-state index in [0.29, 0.717) is 5.56 Å². The minimum atomic E-state index is -2.34. The lowest BCUT2D eigenvalue weighted by Gasteiger charge is -2.42. The van der Waals surface area contributed by atoms with Gasteiger partial charge in [-0.25, -0.2) is 0 Å². The number of carbonyl (C=O) groups is 4. The van der Waals surface area contributed by atoms with Gasteiger partial charge in [0.2, 0.25) is 11.6 Å². The quantitative estimate of drug-likeness (QED) is 0.116. The third-order valence-corrected chi connectivity index (χ3v) is 10.2. The molecule has 0 spiro atoms. The molecule has 1 fully saturated rings. The van der Waals surface area contributed by atoms with Crippen molar-refractivity contribution >= 4 is 34.1 Å². The summed E-state index contributed by atoms with van der Waals surface area (Å²) < 4.78 is 22.6. The standard InChI is InChI=1S/C39H37NO12/c1-18-34(43)24(40)14-29(51-18)52-26-16-39(48,27(41)17-50-28(42)13-19-10-11-20-6-3-4-7-21(20)12-19)15-23-31(26)38(47)33-32(36(23)45)35(44)22-8-5-9-25(49-2)30(22)37(33)46/h3-12,18,24,26,29,34,43,45,47-48H,13-17,40H2,1-2H3/t18-,24-,26-,29-,34+,39-/m0/s1. The van der Waals surface area contributed by atoms with Crippen molar-refractivity contribution in [2.75, 3.05) is 13.7 Å². The van der Waals surface area contributed by atoms with Crippen LogP contribution < -0.4 is 10.5 Å². The minimum absolute atomic E-state index is 0.0181. The third kappa shape index (κ3) is 5.99. The predicted octanol–water partition coefficient (Wildman–Crippen LogP) is 2.95. The zero-order chi connectivity index (χ0) is 37.1. The summed E-state index contributed by atoms with van der Waals surface area (Å²) in [5, 5.41) is 47.6. The Morgan fingerprint density at radius 1 is 0.962 bits per heavy atom. The molecule has 0 unspecified atom stereocenters. The van der Waals surface area contributed by atoms with E-state index in [9.17, 15) is 39.6 Å². The van der Waals surface area contributed by atoms with Gasteiger partial charge in [-0.3, -0.25) is 19.2 Å². The van der Waals surface area contributed by atoms with E-state index in [1.54, 1.807) is 13.0 Å². The number of aromatic hydroxyl groups is 2. The van der Waals surface area contributed by atoms with Crippen molar-refractivity contribution in [1.29, 1.82) is 0 Å². The van der Waals surface area contributed by atoms with Gasteiger partial charge in [-0.2, -0.15) is 0 Å². The number of methoxy groups -OCH3 is 1. The van der Waals surface area contributed by atoms with Crippen LogP contribution in [-0.2, 0) is 36.6 Å². The number of rotatable bonds is 8. The summed E-state index contributed by atoms with van der Waals surface area (Å²) >= 11 is 0. The number of aliphatic hydroxyl groups is 2. The Bertz CT molecular complexity index is 2130. The largest absolute Gasteiger partial charge is 0.507 e. The Hall–Kier alpha value is -5.18. The van der Waals surface area contributed by atoms with Gasteiger partial charge in [-0.05, 0) is 29.3 Å². The number of phenolic OH excluding ortho intramolecular Hbond substituents is 2. The van der Waals surface area contributed by atoms with E-state index in [0.717, 1.165) is 10.8 Å². The molecular weight excluding hydrogens is 674 g/mol. The van der Waals surface area contributed by atoms with Crippen molar-refractivity contribution in [3.8, 4) is 17.2 Å². The van der Waals surface area contributed by atoms with E-state index in [1.165, 1.54) is 25.3 Å². The van der Waals surface area contributed by atoms with Crippen LogP contribution in [-0.4, -0.2) is 87.6 Å². The van der Waals surface area contributed by atoms with Crippen molar-refractivity contribution in [1.82, 2.24) is 0 Å². The molecule has 13 nitrogen and oxygen atoms in total. The molecule has 0 saturated carbocycles. The van der Waals surface area contributed by atoms with Crippen LogP contribution >= 0.6 is 0 Å². The molecule has 52 heavy (non-hydrogen) atoms. The van der Waals surface area contributed by atoms with Crippen LogP contribution in [0, 0.1) is 0 Å². The number of benzene rings is 4. The molecule has 4 aromatic carbocycles. The summed E-state index contributed by atoms with van der Waals surface area (Å²) in [6.45, 7) is 0.747. The van der Waals surface area contributed by atoms with E-state index in [4.69, 9.17) is 24.7 Å². The van der Waals surface area contributed by atoms with Gasteiger partial charge >= 0.3 is 5.97 Å². The fraction of sp³-hybridized carbons (Fsp3) is 0.333. The fourth-order valence-corrected chi connectivity index (χ4v) is 7.45. The number of esters is 1. The van der Waals surface area contributed by atoms with Gasteiger partial charge in [-0.1, -0.05) is 54.6 Å². The first kappa shape index (κ1) is 35.2.